The molecule has 2 aliphatic heterocycles. The fourth-order valence-corrected chi connectivity index (χ4v) is 6.12. The Bertz CT molecular complexity index is 1240. The van der Waals surface area contributed by atoms with Gasteiger partial charge >= 0.3 is 0 Å². The van der Waals surface area contributed by atoms with Crippen LogP contribution in [0.15, 0.2) is 42.5 Å². The maximum absolute atomic E-state index is 13.6. The Morgan fingerprint density at radius 1 is 1.05 bits per heavy atom. The van der Waals surface area contributed by atoms with Crippen LogP contribution in [0.2, 0.25) is 0 Å². The maximum Gasteiger partial charge on any atom is 0.253 e. The van der Waals surface area contributed by atoms with E-state index >= 15 is 0 Å². The van der Waals surface area contributed by atoms with Crippen molar-refractivity contribution < 1.29 is 28.6 Å². The van der Waals surface area contributed by atoms with Crippen LogP contribution in [0.25, 0.3) is 0 Å². The molecule has 1 saturated heterocycles. The van der Waals surface area contributed by atoms with Crippen molar-refractivity contribution in [1.82, 2.24) is 15.5 Å². The third kappa shape index (κ3) is 5.14. The number of hydrogen-bond donors (Lipinski definition) is 2. The van der Waals surface area contributed by atoms with E-state index < -0.39 is 17.4 Å². The van der Waals surface area contributed by atoms with Crippen molar-refractivity contribution >= 4 is 17.6 Å². The molecule has 2 heterocycles. The van der Waals surface area contributed by atoms with E-state index in [9.17, 15) is 14.4 Å². The Kier molecular flexibility index (Phi) is 8.30. The van der Waals surface area contributed by atoms with Gasteiger partial charge in [-0.25, -0.2) is 0 Å². The van der Waals surface area contributed by atoms with E-state index in [-0.39, 0.29) is 30.4 Å². The molecule has 2 aromatic rings. The minimum absolute atomic E-state index is 0.00827. The van der Waals surface area contributed by atoms with Crippen LogP contribution in [0.5, 0.6) is 17.2 Å². The second kappa shape index (κ2) is 11.9. The first kappa shape index (κ1) is 28.0. The molecule has 2 unspecified atom stereocenters. The maximum atomic E-state index is 13.6. The van der Waals surface area contributed by atoms with Crippen LogP contribution in [0.1, 0.15) is 68.4 Å². The van der Waals surface area contributed by atoms with Crippen LogP contribution in [-0.4, -0.2) is 61.6 Å². The Morgan fingerprint density at radius 2 is 1.75 bits per heavy atom. The van der Waals surface area contributed by atoms with Crippen molar-refractivity contribution in [3.8, 4) is 17.2 Å². The first-order valence-corrected chi connectivity index (χ1v) is 14.4. The highest BCUT2D eigenvalue weighted by atomic mass is 16.7. The van der Waals surface area contributed by atoms with Gasteiger partial charge in [-0.2, -0.15) is 0 Å². The van der Waals surface area contributed by atoms with Crippen LogP contribution >= 0.6 is 0 Å². The van der Waals surface area contributed by atoms with Gasteiger partial charge in [-0.15, -0.1) is 0 Å². The minimum Gasteiger partial charge on any atom is -0.488 e. The smallest absolute Gasteiger partial charge is 0.253 e. The summed E-state index contributed by atoms with van der Waals surface area (Å²) in [7, 11) is 0. The topological polar surface area (TPSA) is 106 Å². The van der Waals surface area contributed by atoms with Gasteiger partial charge in [-0.1, -0.05) is 33.3 Å². The van der Waals surface area contributed by atoms with E-state index in [4.69, 9.17) is 14.2 Å². The van der Waals surface area contributed by atoms with E-state index in [1.54, 1.807) is 24.3 Å². The van der Waals surface area contributed by atoms with Crippen molar-refractivity contribution in [2.24, 2.45) is 11.3 Å². The quantitative estimate of drug-likeness (QED) is 0.434. The zero-order valence-electron chi connectivity index (χ0n) is 23.5. The summed E-state index contributed by atoms with van der Waals surface area (Å²) in [6, 6.07) is 12.4. The number of ketones is 1. The lowest BCUT2D eigenvalue weighted by atomic mass is 9.55. The summed E-state index contributed by atoms with van der Waals surface area (Å²) >= 11 is 0. The molecular formula is C31H39N3O6. The fourth-order valence-electron chi connectivity index (χ4n) is 6.12. The lowest BCUT2D eigenvalue weighted by Crippen LogP contribution is -2.68. The average Bonchev–Trinajstić information content (AvgIpc) is 3.46. The first-order valence-electron chi connectivity index (χ1n) is 14.4. The van der Waals surface area contributed by atoms with Gasteiger partial charge in [0, 0.05) is 31.7 Å². The van der Waals surface area contributed by atoms with Gasteiger partial charge in [-0.05, 0) is 61.2 Å². The molecule has 0 radical (unpaired) electrons. The minimum atomic E-state index is -0.907. The number of rotatable bonds is 10. The highest BCUT2D eigenvalue weighted by Gasteiger charge is 2.64. The number of carbonyl (C=O) groups is 3. The zero-order chi connectivity index (χ0) is 28.3. The molecule has 9 heteroatoms. The van der Waals surface area contributed by atoms with E-state index in [1.165, 1.54) is 0 Å². The molecule has 3 atom stereocenters. The number of fused-ring (bicyclic) bond motifs is 1. The molecule has 2 amide bonds. The van der Waals surface area contributed by atoms with Crippen LogP contribution in [-0.2, 0) is 9.59 Å². The molecule has 2 aromatic carbocycles. The van der Waals surface area contributed by atoms with Crippen molar-refractivity contribution in [3.63, 3.8) is 0 Å². The molecule has 9 nitrogen and oxygen atoms in total. The Labute approximate surface area is 235 Å². The number of carbonyl (C=O) groups excluding carboxylic acids is 3. The number of benzene rings is 2. The number of Topliss-reactive ketones (excluding diaryl/α,β-unsaturated/α-hetero) is 1. The Balaban J connectivity index is 1.32. The second-order valence-electron chi connectivity index (χ2n) is 10.8. The summed E-state index contributed by atoms with van der Waals surface area (Å²) in [5.41, 5.74) is 0.776. The summed E-state index contributed by atoms with van der Waals surface area (Å²) in [5.74, 6) is 0.564. The van der Waals surface area contributed by atoms with E-state index in [0.29, 0.717) is 55.2 Å². The monoisotopic (exact) mass is 549 g/mol. The summed E-state index contributed by atoms with van der Waals surface area (Å²) in [6.45, 7) is 9.10. The van der Waals surface area contributed by atoms with Crippen molar-refractivity contribution in [1.29, 1.82) is 0 Å². The number of nitrogens with one attached hydrogen (secondary N) is 2. The van der Waals surface area contributed by atoms with Gasteiger partial charge in [0.15, 0.2) is 17.3 Å². The van der Waals surface area contributed by atoms with Gasteiger partial charge in [0.2, 0.25) is 12.7 Å². The predicted molar refractivity (Wildman–Crippen MR) is 149 cm³/mol. The predicted octanol–water partition coefficient (Wildman–Crippen LogP) is 3.87. The number of piperazine rings is 1. The molecule has 0 bridgehead atoms. The highest BCUT2D eigenvalue weighted by Crippen LogP contribution is 2.50. The Morgan fingerprint density at radius 3 is 2.42 bits per heavy atom. The lowest BCUT2D eigenvalue weighted by molar-refractivity contribution is -0.173. The summed E-state index contributed by atoms with van der Waals surface area (Å²) < 4.78 is 17.3. The molecule has 40 heavy (non-hydrogen) atoms. The first-order chi connectivity index (χ1) is 19.4. The number of hydrogen-bond acceptors (Lipinski definition) is 7. The molecule has 214 valence electrons. The largest absolute Gasteiger partial charge is 0.488 e. The fraction of sp³-hybridized carbons (Fsp3) is 0.516. The summed E-state index contributed by atoms with van der Waals surface area (Å²) in [5, 5.41) is 6.38. The number of ether oxygens (including phenoxy) is 3. The van der Waals surface area contributed by atoms with Crippen LogP contribution in [0, 0.1) is 11.3 Å². The van der Waals surface area contributed by atoms with Gasteiger partial charge in [0.1, 0.15) is 17.8 Å². The highest BCUT2D eigenvalue weighted by molar-refractivity contribution is 6.10. The summed E-state index contributed by atoms with van der Waals surface area (Å²) in [4.78, 5) is 41.8. The van der Waals surface area contributed by atoms with Crippen LogP contribution in [0.4, 0.5) is 0 Å². The average molecular weight is 550 g/mol. The molecule has 0 aromatic heterocycles. The van der Waals surface area contributed by atoms with Crippen molar-refractivity contribution in [2.45, 2.75) is 58.6 Å². The molecular weight excluding hydrogens is 510 g/mol. The standard InChI is InChI=1S/C31H39N3O6/c1-4-7-23(21-10-13-24-25(18-21)39-19-38-24)33-29(36)26-27(35)31(5-2,6-3)28(26)40-22-11-8-20(9-12-22)30(37)34-16-14-32-15-17-34/h8-13,18,23,26,28,32H,4-7,14-17,19H2,1-3H3,(H,33,36)/t23?,26?,28-/m1/s1. The second-order valence-corrected chi connectivity index (χ2v) is 10.8. The lowest BCUT2D eigenvalue weighted by Gasteiger charge is -2.51. The summed E-state index contributed by atoms with van der Waals surface area (Å²) in [6.07, 6.45) is 2.13. The van der Waals surface area contributed by atoms with Crippen LogP contribution in [0.3, 0.4) is 0 Å². The van der Waals surface area contributed by atoms with Gasteiger partial charge in [0.25, 0.3) is 5.91 Å². The molecule has 2 fully saturated rings. The third-order valence-electron chi connectivity index (χ3n) is 8.63. The number of amides is 2. The molecule has 3 aliphatic rings. The van der Waals surface area contributed by atoms with Gasteiger partial charge in [-0.3, -0.25) is 14.4 Å². The van der Waals surface area contributed by atoms with Crippen molar-refractivity contribution in [2.75, 3.05) is 33.0 Å². The Hall–Kier alpha value is -3.59. The van der Waals surface area contributed by atoms with E-state index in [2.05, 4.69) is 17.6 Å². The molecule has 1 aliphatic carbocycles. The molecule has 5 rings (SSSR count). The molecule has 2 N–H and O–H groups in total. The molecule has 0 spiro atoms. The third-order valence-corrected chi connectivity index (χ3v) is 8.63. The van der Waals surface area contributed by atoms with Gasteiger partial charge in [0.05, 0.1) is 11.5 Å². The normalized spacial score (nSPS) is 21.9. The zero-order valence-corrected chi connectivity index (χ0v) is 23.5. The van der Waals surface area contributed by atoms with E-state index in [1.807, 2.05) is 36.9 Å². The number of nitrogens with zero attached hydrogens (tertiary/aromatic N) is 1. The van der Waals surface area contributed by atoms with Crippen molar-refractivity contribution in [3.05, 3.63) is 53.6 Å². The molecule has 1 saturated carbocycles. The van der Waals surface area contributed by atoms with Crippen LogP contribution < -0.4 is 24.8 Å². The SMILES string of the molecule is CCCC(NC(=O)C1C(=O)C(CC)(CC)[C@@H]1Oc1ccc(C(=O)N2CCNCC2)cc1)c1ccc2c(c1)OCO2. The van der Waals surface area contributed by atoms with E-state index in [0.717, 1.165) is 25.1 Å². The van der Waals surface area contributed by atoms with Gasteiger partial charge < -0.3 is 29.7 Å².